The molecule has 2 heterocycles. The quantitative estimate of drug-likeness (QED) is 0.287. The summed E-state index contributed by atoms with van der Waals surface area (Å²) in [6.45, 7) is 6.10. The number of carbonyl (C=O) groups is 1. The van der Waals surface area contributed by atoms with E-state index in [-0.39, 0.29) is 12.2 Å². The molecule has 4 aromatic rings. The van der Waals surface area contributed by atoms with Gasteiger partial charge >= 0.3 is 5.97 Å². The minimum absolute atomic E-state index is 0.229. The molecule has 1 aliphatic heterocycles. The molecule has 39 heavy (non-hydrogen) atoms. The number of esters is 1. The number of aryl methyl sites for hydroxylation is 1. The van der Waals surface area contributed by atoms with Gasteiger partial charge in [0.05, 0.1) is 28.5 Å². The van der Waals surface area contributed by atoms with E-state index in [9.17, 15) is 9.59 Å². The normalized spacial score (nSPS) is 15.1. The third kappa shape index (κ3) is 5.60. The Kier molecular flexibility index (Phi) is 7.82. The van der Waals surface area contributed by atoms with Crippen LogP contribution in [0.25, 0.3) is 6.08 Å². The number of ether oxygens (including phenoxy) is 2. The standard InChI is InChI=1S/C31H27ClN2O4S/c1-4-37-30(36)27-20(3)33-31-34(28(27)22-14-12-19(2)13-15-22)29(35)26(39-31)17-23-9-5-6-11-25(23)38-18-21-8-7-10-24(32)16-21/h5-17,28H,4,18H2,1-3H3/b26-17-/t28-/m1/s1. The van der Waals surface area contributed by atoms with Crippen molar-refractivity contribution in [2.45, 2.75) is 33.4 Å². The lowest BCUT2D eigenvalue weighted by Gasteiger charge is -2.24. The molecular weight excluding hydrogens is 532 g/mol. The first-order valence-corrected chi connectivity index (χ1v) is 13.8. The predicted molar refractivity (Wildman–Crippen MR) is 154 cm³/mol. The topological polar surface area (TPSA) is 69.9 Å². The van der Waals surface area contributed by atoms with Gasteiger partial charge in [-0.2, -0.15) is 0 Å². The number of fused-ring (bicyclic) bond motifs is 1. The average Bonchev–Trinajstić information content (AvgIpc) is 3.22. The summed E-state index contributed by atoms with van der Waals surface area (Å²) in [7, 11) is 0. The first-order valence-electron chi connectivity index (χ1n) is 12.6. The molecule has 0 bridgehead atoms. The summed E-state index contributed by atoms with van der Waals surface area (Å²) in [5.74, 6) is 0.167. The summed E-state index contributed by atoms with van der Waals surface area (Å²) in [6.07, 6.45) is 1.81. The zero-order chi connectivity index (χ0) is 27.5. The van der Waals surface area contributed by atoms with Gasteiger partial charge in [-0.1, -0.05) is 83.1 Å². The molecule has 0 N–H and O–H groups in total. The number of nitrogens with zero attached hydrogens (tertiary/aromatic N) is 2. The van der Waals surface area contributed by atoms with E-state index < -0.39 is 12.0 Å². The highest BCUT2D eigenvalue weighted by molar-refractivity contribution is 7.07. The number of thiazole rings is 1. The fraction of sp³-hybridized carbons (Fsp3) is 0.194. The van der Waals surface area contributed by atoms with Crippen molar-refractivity contribution in [3.8, 4) is 5.75 Å². The van der Waals surface area contributed by atoms with E-state index in [0.29, 0.717) is 38.0 Å². The van der Waals surface area contributed by atoms with Gasteiger partial charge in [-0.05, 0) is 56.2 Å². The summed E-state index contributed by atoms with van der Waals surface area (Å²) >= 11 is 7.40. The van der Waals surface area contributed by atoms with E-state index in [1.54, 1.807) is 18.4 Å². The number of hydrogen-bond donors (Lipinski definition) is 0. The third-order valence-corrected chi connectivity index (χ3v) is 7.62. The monoisotopic (exact) mass is 558 g/mol. The van der Waals surface area contributed by atoms with Crippen LogP contribution in [0.1, 0.15) is 42.1 Å². The zero-order valence-corrected chi connectivity index (χ0v) is 23.4. The van der Waals surface area contributed by atoms with E-state index in [1.807, 2.05) is 85.8 Å². The van der Waals surface area contributed by atoms with Gasteiger partial charge in [-0.3, -0.25) is 9.36 Å². The Morgan fingerprint density at radius 1 is 1.08 bits per heavy atom. The first-order chi connectivity index (χ1) is 18.9. The molecule has 0 spiro atoms. The second-order valence-corrected chi connectivity index (χ2v) is 10.6. The Labute approximate surface area is 235 Å². The van der Waals surface area contributed by atoms with Crippen LogP contribution < -0.4 is 19.6 Å². The Bertz CT molecular complexity index is 1750. The summed E-state index contributed by atoms with van der Waals surface area (Å²) in [4.78, 5) is 32.1. The number of rotatable bonds is 7. The minimum Gasteiger partial charge on any atom is -0.488 e. The molecule has 198 valence electrons. The number of benzene rings is 3. The van der Waals surface area contributed by atoms with Crippen molar-refractivity contribution in [2.24, 2.45) is 4.99 Å². The van der Waals surface area contributed by atoms with Crippen LogP contribution in [0.15, 0.2) is 93.9 Å². The van der Waals surface area contributed by atoms with Gasteiger partial charge in [0.2, 0.25) is 0 Å². The van der Waals surface area contributed by atoms with Gasteiger partial charge in [0.25, 0.3) is 5.56 Å². The van der Waals surface area contributed by atoms with E-state index in [4.69, 9.17) is 21.1 Å². The number of aromatic nitrogens is 1. The van der Waals surface area contributed by atoms with Crippen LogP contribution in [0.5, 0.6) is 5.75 Å². The van der Waals surface area contributed by atoms with Gasteiger partial charge in [0, 0.05) is 10.6 Å². The maximum atomic E-state index is 13.9. The van der Waals surface area contributed by atoms with Crippen molar-refractivity contribution in [1.82, 2.24) is 4.57 Å². The van der Waals surface area contributed by atoms with Gasteiger partial charge in [0.1, 0.15) is 12.4 Å². The van der Waals surface area contributed by atoms with E-state index in [2.05, 4.69) is 4.99 Å². The first kappa shape index (κ1) is 26.7. The van der Waals surface area contributed by atoms with E-state index in [1.165, 1.54) is 11.3 Å². The molecule has 0 radical (unpaired) electrons. The lowest BCUT2D eigenvalue weighted by atomic mass is 9.95. The molecule has 5 rings (SSSR count). The molecular formula is C31H27ClN2O4S. The summed E-state index contributed by atoms with van der Waals surface area (Å²) < 4.78 is 13.6. The molecule has 0 fully saturated rings. The molecule has 3 aromatic carbocycles. The summed E-state index contributed by atoms with van der Waals surface area (Å²) in [6, 6.07) is 22.2. The number of allylic oxidation sites excluding steroid dienone is 1. The summed E-state index contributed by atoms with van der Waals surface area (Å²) in [5.41, 5.74) is 4.27. The maximum absolute atomic E-state index is 13.9. The molecule has 0 saturated heterocycles. The van der Waals surface area contributed by atoms with Crippen molar-refractivity contribution in [2.75, 3.05) is 6.61 Å². The molecule has 0 unspecified atom stereocenters. The molecule has 0 saturated carbocycles. The Morgan fingerprint density at radius 2 is 1.85 bits per heavy atom. The SMILES string of the molecule is CCOC(=O)C1=C(C)N=c2s/c(=C\c3ccccc3OCc3cccc(Cl)c3)c(=O)n2[C@@H]1c1ccc(C)cc1. The van der Waals surface area contributed by atoms with Gasteiger partial charge in [-0.25, -0.2) is 9.79 Å². The second-order valence-electron chi connectivity index (χ2n) is 9.17. The molecule has 1 atom stereocenters. The van der Waals surface area contributed by atoms with Crippen molar-refractivity contribution in [1.29, 1.82) is 0 Å². The van der Waals surface area contributed by atoms with Gasteiger partial charge in [-0.15, -0.1) is 0 Å². The summed E-state index contributed by atoms with van der Waals surface area (Å²) in [5, 5.41) is 0.645. The predicted octanol–water partition coefficient (Wildman–Crippen LogP) is 5.34. The molecule has 0 aliphatic carbocycles. The molecule has 6 nitrogen and oxygen atoms in total. The zero-order valence-electron chi connectivity index (χ0n) is 21.8. The minimum atomic E-state index is -0.641. The van der Waals surface area contributed by atoms with Crippen molar-refractivity contribution in [3.63, 3.8) is 0 Å². The second kappa shape index (κ2) is 11.4. The lowest BCUT2D eigenvalue weighted by molar-refractivity contribution is -0.139. The highest BCUT2D eigenvalue weighted by atomic mass is 35.5. The Morgan fingerprint density at radius 3 is 2.59 bits per heavy atom. The van der Waals surface area contributed by atoms with E-state index in [0.717, 1.165) is 22.3 Å². The van der Waals surface area contributed by atoms with E-state index >= 15 is 0 Å². The lowest BCUT2D eigenvalue weighted by Crippen LogP contribution is -2.39. The smallest absolute Gasteiger partial charge is 0.338 e. The number of para-hydroxylation sites is 1. The fourth-order valence-corrected chi connectivity index (χ4v) is 5.77. The van der Waals surface area contributed by atoms with Crippen LogP contribution >= 0.6 is 22.9 Å². The van der Waals surface area contributed by atoms with Crippen LogP contribution in [-0.4, -0.2) is 17.1 Å². The van der Waals surface area contributed by atoms with Crippen molar-refractivity contribution >= 4 is 35.0 Å². The fourth-order valence-electron chi connectivity index (χ4n) is 4.52. The van der Waals surface area contributed by atoms with Gasteiger partial charge in [0.15, 0.2) is 4.80 Å². The molecule has 1 aliphatic rings. The number of hydrogen-bond acceptors (Lipinski definition) is 6. The van der Waals surface area contributed by atoms with Gasteiger partial charge < -0.3 is 9.47 Å². The van der Waals surface area contributed by atoms with Crippen LogP contribution in [0.3, 0.4) is 0 Å². The average molecular weight is 559 g/mol. The van der Waals surface area contributed by atoms with Crippen LogP contribution in [-0.2, 0) is 16.1 Å². The maximum Gasteiger partial charge on any atom is 0.338 e. The van der Waals surface area contributed by atoms with Crippen LogP contribution in [0.2, 0.25) is 5.02 Å². The molecule has 8 heteroatoms. The Hall–Kier alpha value is -3.94. The molecule has 1 aromatic heterocycles. The highest BCUT2D eigenvalue weighted by Gasteiger charge is 2.33. The Balaban J connectivity index is 1.59. The number of carbonyl (C=O) groups excluding carboxylic acids is 1. The van der Waals surface area contributed by atoms with Crippen LogP contribution in [0, 0.1) is 6.92 Å². The largest absolute Gasteiger partial charge is 0.488 e. The highest BCUT2D eigenvalue weighted by Crippen LogP contribution is 2.31. The van der Waals surface area contributed by atoms with Crippen LogP contribution in [0.4, 0.5) is 0 Å². The molecule has 0 amide bonds. The van der Waals surface area contributed by atoms with Crippen molar-refractivity contribution in [3.05, 3.63) is 131 Å². The number of halogens is 1. The third-order valence-electron chi connectivity index (χ3n) is 6.40. The van der Waals surface area contributed by atoms with Crippen molar-refractivity contribution < 1.29 is 14.3 Å².